The van der Waals surface area contributed by atoms with Crippen molar-refractivity contribution in [2.75, 3.05) is 25.2 Å². The summed E-state index contributed by atoms with van der Waals surface area (Å²) in [6, 6.07) is 2.42. The normalized spacial score (nSPS) is 10.8. The van der Waals surface area contributed by atoms with Gasteiger partial charge in [-0.25, -0.2) is 0 Å². The predicted octanol–water partition coefficient (Wildman–Crippen LogP) is 2.68. The zero-order chi connectivity index (χ0) is 12.0. The lowest BCUT2D eigenvalue weighted by Crippen LogP contribution is -2.34. The van der Waals surface area contributed by atoms with Gasteiger partial charge in [0.05, 0.1) is 12.5 Å². The second-order valence-electron chi connectivity index (χ2n) is 3.92. The van der Waals surface area contributed by atoms with Crippen LogP contribution in [0.1, 0.15) is 19.4 Å². The number of hydrogen-bond donors (Lipinski definition) is 0. The predicted molar refractivity (Wildman–Crippen MR) is 68.2 cm³/mol. The summed E-state index contributed by atoms with van der Waals surface area (Å²) < 4.78 is 5.13. The van der Waals surface area contributed by atoms with Gasteiger partial charge in [-0.1, -0.05) is 0 Å². The highest BCUT2D eigenvalue weighted by Crippen LogP contribution is 2.22. The van der Waals surface area contributed by atoms with E-state index < -0.39 is 0 Å². The van der Waals surface area contributed by atoms with Crippen LogP contribution in [-0.4, -0.2) is 31.3 Å². The van der Waals surface area contributed by atoms with Gasteiger partial charge in [0, 0.05) is 43.3 Å². The smallest absolute Gasteiger partial charge is 0.0637 e. The maximum atomic E-state index is 5.92. The Morgan fingerprint density at radius 3 is 2.81 bits per heavy atom. The number of alkyl halides is 1. The molecule has 1 aromatic heterocycles. The summed E-state index contributed by atoms with van der Waals surface area (Å²) >= 11 is 5.92. The molecule has 1 heterocycles. The lowest BCUT2D eigenvalue weighted by molar-refractivity contribution is 0.204. The van der Waals surface area contributed by atoms with E-state index >= 15 is 0 Å². The Balaban J connectivity index is 2.91. The molecule has 0 aliphatic heterocycles. The van der Waals surface area contributed by atoms with Crippen molar-refractivity contribution in [1.29, 1.82) is 0 Å². The zero-order valence-electron chi connectivity index (χ0n) is 10.1. The van der Waals surface area contributed by atoms with Crippen LogP contribution in [0.2, 0.25) is 0 Å². The Kier molecular flexibility index (Phi) is 5.56. The summed E-state index contributed by atoms with van der Waals surface area (Å²) in [5, 5.41) is 0. The van der Waals surface area contributed by atoms with Gasteiger partial charge in [0.2, 0.25) is 0 Å². The van der Waals surface area contributed by atoms with Crippen molar-refractivity contribution in [3.05, 3.63) is 24.0 Å². The number of rotatable bonds is 6. The van der Waals surface area contributed by atoms with Gasteiger partial charge in [-0.2, -0.15) is 0 Å². The Bertz CT molecular complexity index is 318. The number of methoxy groups -OCH3 is 1. The molecule has 3 nitrogen and oxygen atoms in total. The van der Waals surface area contributed by atoms with Crippen molar-refractivity contribution >= 4 is 17.3 Å². The summed E-state index contributed by atoms with van der Waals surface area (Å²) in [7, 11) is 1.72. The summed E-state index contributed by atoms with van der Waals surface area (Å²) in [6.45, 7) is 5.90. The number of pyridine rings is 1. The van der Waals surface area contributed by atoms with Crippen LogP contribution in [0.15, 0.2) is 18.5 Å². The summed E-state index contributed by atoms with van der Waals surface area (Å²) in [4.78, 5) is 6.38. The van der Waals surface area contributed by atoms with Gasteiger partial charge in [0.25, 0.3) is 0 Å². The van der Waals surface area contributed by atoms with Crippen molar-refractivity contribution in [1.82, 2.24) is 4.98 Å². The molecule has 0 saturated heterocycles. The van der Waals surface area contributed by atoms with Crippen molar-refractivity contribution in [2.24, 2.45) is 0 Å². The summed E-state index contributed by atoms with van der Waals surface area (Å²) in [6.07, 6.45) is 3.62. The van der Waals surface area contributed by atoms with E-state index in [0.717, 1.165) is 17.8 Å². The molecule has 16 heavy (non-hydrogen) atoms. The van der Waals surface area contributed by atoms with Crippen LogP contribution in [0.3, 0.4) is 0 Å². The van der Waals surface area contributed by atoms with E-state index in [1.165, 1.54) is 0 Å². The highest BCUT2D eigenvalue weighted by molar-refractivity contribution is 6.17. The van der Waals surface area contributed by atoms with Crippen LogP contribution >= 0.6 is 11.6 Å². The third-order valence-corrected chi connectivity index (χ3v) is 2.78. The van der Waals surface area contributed by atoms with E-state index in [4.69, 9.17) is 16.3 Å². The Morgan fingerprint density at radius 2 is 2.25 bits per heavy atom. The van der Waals surface area contributed by atoms with Gasteiger partial charge in [-0.15, -0.1) is 11.6 Å². The minimum atomic E-state index is 0.416. The molecule has 0 saturated carbocycles. The number of halogens is 1. The largest absolute Gasteiger partial charge is 0.383 e. The first kappa shape index (κ1) is 13.3. The molecule has 0 aliphatic rings. The molecule has 0 fully saturated rings. The summed E-state index contributed by atoms with van der Waals surface area (Å²) in [5.74, 6) is 0.485. The Hall–Kier alpha value is -0.800. The van der Waals surface area contributed by atoms with E-state index in [1.807, 2.05) is 12.3 Å². The van der Waals surface area contributed by atoms with Crippen LogP contribution in [0.4, 0.5) is 5.69 Å². The zero-order valence-corrected chi connectivity index (χ0v) is 10.9. The van der Waals surface area contributed by atoms with Crippen molar-refractivity contribution in [3.63, 3.8) is 0 Å². The number of anilines is 1. The number of ether oxygens (including phenoxy) is 1. The lowest BCUT2D eigenvalue weighted by atomic mass is 10.2. The molecule has 0 radical (unpaired) electrons. The van der Waals surface area contributed by atoms with E-state index in [9.17, 15) is 0 Å². The molecule has 1 aromatic rings. The highest BCUT2D eigenvalue weighted by Gasteiger charge is 2.13. The molecule has 90 valence electrons. The molecule has 0 N–H and O–H groups in total. The maximum Gasteiger partial charge on any atom is 0.0637 e. The van der Waals surface area contributed by atoms with E-state index in [0.29, 0.717) is 18.5 Å². The fourth-order valence-electron chi connectivity index (χ4n) is 1.65. The number of aromatic nitrogens is 1. The number of nitrogens with zero attached hydrogens (tertiary/aromatic N) is 2. The molecule has 4 heteroatoms. The molecular formula is C12H19ClN2O. The van der Waals surface area contributed by atoms with Gasteiger partial charge in [0.1, 0.15) is 0 Å². The minimum absolute atomic E-state index is 0.416. The molecule has 0 aromatic carbocycles. The van der Waals surface area contributed by atoms with Gasteiger partial charge in [0.15, 0.2) is 0 Å². The monoisotopic (exact) mass is 242 g/mol. The lowest BCUT2D eigenvalue weighted by Gasteiger charge is -2.30. The standard InChI is InChI=1S/C12H19ClN2O/c1-10(2)15(6-7-16-3)12-4-5-14-9-11(12)8-13/h4-5,9-10H,6-8H2,1-3H3. The van der Waals surface area contributed by atoms with Gasteiger partial charge < -0.3 is 9.64 Å². The van der Waals surface area contributed by atoms with Crippen LogP contribution in [-0.2, 0) is 10.6 Å². The van der Waals surface area contributed by atoms with Crippen LogP contribution < -0.4 is 4.90 Å². The van der Waals surface area contributed by atoms with Gasteiger partial charge >= 0.3 is 0 Å². The third-order valence-electron chi connectivity index (χ3n) is 2.49. The van der Waals surface area contributed by atoms with Crippen molar-refractivity contribution < 1.29 is 4.74 Å². The van der Waals surface area contributed by atoms with Crippen LogP contribution in [0, 0.1) is 0 Å². The second-order valence-corrected chi connectivity index (χ2v) is 4.19. The first-order chi connectivity index (χ1) is 7.70. The number of hydrogen-bond acceptors (Lipinski definition) is 3. The van der Waals surface area contributed by atoms with E-state index in [-0.39, 0.29) is 0 Å². The molecule has 0 unspecified atom stereocenters. The van der Waals surface area contributed by atoms with Crippen LogP contribution in [0.5, 0.6) is 0 Å². The average molecular weight is 243 g/mol. The minimum Gasteiger partial charge on any atom is -0.383 e. The molecule has 1 rings (SSSR count). The third kappa shape index (κ3) is 3.35. The second kappa shape index (κ2) is 6.71. The molecule has 0 atom stereocenters. The molecular weight excluding hydrogens is 224 g/mol. The fourth-order valence-corrected chi connectivity index (χ4v) is 1.86. The maximum absolute atomic E-state index is 5.92. The van der Waals surface area contributed by atoms with E-state index in [1.54, 1.807) is 13.3 Å². The highest BCUT2D eigenvalue weighted by atomic mass is 35.5. The first-order valence-corrected chi connectivity index (χ1v) is 5.98. The van der Waals surface area contributed by atoms with Gasteiger partial charge in [-0.3, -0.25) is 4.98 Å². The quantitative estimate of drug-likeness (QED) is 0.718. The van der Waals surface area contributed by atoms with E-state index in [2.05, 4.69) is 23.7 Å². The molecule has 0 amide bonds. The van der Waals surface area contributed by atoms with Crippen molar-refractivity contribution in [2.45, 2.75) is 25.8 Å². The average Bonchev–Trinajstić information content (AvgIpc) is 2.29. The van der Waals surface area contributed by atoms with Gasteiger partial charge in [-0.05, 0) is 19.9 Å². The molecule has 0 aliphatic carbocycles. The summed E-state index contributed by atoms with van der Waals surface area (Å²) in [5.41, 5.74) is 2.21. The Labute approximate surface area is 102 Å². The van der Waals surface area contributed by atoms with Crippen molar-refractivity contribution in [3.8, 4) is 0 Å². The first-order valence-electron chi connectivity index (χ1n) is 5.45. The molecule has 0 spiro atoms. The fraction of sp³-hybridized carbons (Fsp3) is 0.583. The Morgan fingerprint density at radius 1 is 1.50 bits per heavy atom. The molecule has 0 bridgehead atoms. The SMILES string of the molecule is COCCN(c1ccncc1CCl)C(C)C. The van der Waals surface area contributed by atoms with Crippen LogP contribution in [0.25, 0.3) is 0 Å². The topological polar surface area (TPSA) is 25.4 Å².